The number of sulfonamides is 1. The monoisotopic (exact) mass is 347 g/mol. The summed E-state index contributed by atoms with van der Waals surface area (Å²) in [6.45, 7) is 3.98. The highest BCUT2D eigenvalue weighted by Gasteiger charge is 2.23. The van der Waals surface area contributed by atoms with E-state index in [0.29, 0.717) is 12.2 Å². The van der Waals surface area contributed by atoms with Crippen molar-refractivity contribution in [2.75, 3.05) is 0 Å². The number of rotatable bonds is 6. The van der Waals surface area contributed by atoms with Gasteiger partial charge < -0.3 is 4.52 Å². The summed E-state index contributed by atoms with van der Waals surface area (Å²) in [7, 11) is -3.66. The highest BCUT2D eigenvalue weighted by Crippen LogP contribution is 2.19. The van der Waals surface area contributed by atoms with Crippen LogP contribution < -0.4 is 4.72 Å². The molecule has 0 saturated heterocycles. The standard InChI is InChI=1S/C15H17N5O3S/c1-11-15(12(2)23-19-11)24(21,22)18-7-13-3-5-14(6-4-13)8-20-10-16-9-17-20/h3-6,9-10,18H,7-8H2,1-2H3. The van der Waals surface area contributed by atoms with Gasteiger partial charge in [0.15, 0.2) is 5.76 Å². The summed E-state index contributed by atoms with van der Waals surface area (Å²) >= 11 is 0. The molecule has 2 heterocycles. The lowest BCUT2D eigenvalue weighted by atomic mass is 10.1. The topological polar surface area (TPSA) is 103 Å². The maximum Gasteiger partial charge on any atom is 0.246 e. The van der Waals surface area contributed by atoms with E-state index in [1.54, 1.807) is 24.9 Å². The molecule has 0 amide bonds. The lowest BCUT2D eigenvalue weighted by Crippen LogP contribution is -2.24. The zero-order valence-corrected chi connectivity index (χ0v) is 14.1. The van der Waals surface area contributed by atoms with Gasteiger partial charge in [0, 0.05) is 6.54 Å². The van der Waals surface area contributed by atoms with Crippen LogP contribution in [-0.4, -0.2) is 28.3 Å². The molecule has 24 heavy (non-hydrogen) atoms. The first-order valence-corrected chi connectivity index (χ1v) is 8.77. The van der Waals surface area contributed by atoms with Crippen molar-refractivity contribution in [3.05, 3.63) is 59.5 Å². The molecule has 0 atom stereocenters. The third kappa shape index (κ3) is 3.52. The molecule has 0 aliphatic carbocycles. The number of aromatic nitrogens is 4. The fourth-order valence-electron chi connectivity index (χ4n) is 2.37. The summed E-state index contributed by atoms with van der Waals surface area (Å²) in [4.78, 5) is 4.00. The summed E-state index contributed by atoms with van der Waals surface area (Å²) in [5, 5.41) is 7.72. The van der Waals surface area contributed by atoms with Crippen LogP contribution in [0.2, 0.25) is 0 Å². The molecular weight excluding hydrogens is 330 g/mol. The van der Waals surface area contributed by atoms with Gasteiger partial charge in [-0.2, -0.15) is 5.10 Å². The van der Waals surface area contributed by atoms with E-state index in [2.05, 4.69) is 20.0 Å². The average molecular weight is 347 g/mol. The Labute approximate surface area is 139 Å². The highest BCUT2D eigenvalue weighted by molar-refractivity contribution is 7.89. The van der Waals surface area contributed by atoms with Crippen molar-refractivity contribution in [3.63, 3.8) is 0 Å². The van der Waals surface area contributed by atoms with Gasteiger partial charge in [-0.05, 0) is 25.0 Å². The number of nitrogens with one attached hydrogen (secondary N) is 1. The van der Waals surface area contributed by atoms with Crippen molar-refractivity contribution < 1.29 is 12.9 Å². The van der Waals surface area contributed by atoms with E-state index < -0.39 is 10.0 Å². The van der Waals surface area contributed by atoms with E-state index in [-0.39, 0.29) is 17.2 Å². The third-order valence-corrected chi connectivity index (χ3v) is 5.18. The molecule has 0 unspecified atom stereocenters. The van der Waals surface area contributed by atoms with Crippen LogP contribution in [0, 0.1) is 13.8 Å². The molecule has 0 aliphatic rings. The second kappa shape index (κ2) is 6.54. The average Bonchev–Trinajstić information content (AvgIpc) is 3.17. The SMILES string of the molecule is Cc1noc(C)c1S(=O)(=O)NCc1ccc(Cn2cncn2)cc1. The van der Waals surface area contributed by atoms with Gasteiger partial charge in [-0.3, -0.25) is 0 Å². The van der Waals surface area contributed by atoms with E-state index in [1.165, 1.54) is 6.33 Å². The number of nitrogens with zero attached hydrogens (tertiary/aromatic N) is 4. The number of benzene rings is 1. The molecule has 0 fully saturated rings. The Bertz CT molecular complexity index is 895. The van der Waals surface area contributed by atoms with Crippen LogP contribution >= 0.6 is 0 Å². The molecule has 2 aromatic heterocycles. The molecule has 0 saturated carbocycles. The molecule has 8 nitrogen and oxygen atoms in total. The van der Waals surface area contributed by atoms with Crippen molar-refractivity contribution in [3.8, 4) is 0 Å². The number of hydrogen-bond acceptors (Lipinski definition) is 6. The first-order valence-electron chi connectivity index (χ1n) is 7.28. The van der Waals surface area contributed by atoms with Crippen LogP contribution in [0.4, 0.5) is 0 Å². The van der Waals surface area contributed by atoms with Crippen LogP contribution in [0.1, 0.15) is 22.6 Å². The summed E-state index contributed by atoms with van der Waals surface area (Å²) < 4.78 is 33.9. The predicted octanol–water partition coefficient (Wildman–Crippen LogP) is 1.41. The van der Waals surface area contributed by atoms with Gasteiger partial charge in [0.1, 0.15) is 23.2 Å². The Morgan fingerprint density at radius 3 is 2.46 bits per heavy atom. The summed E-state index contributed by atoms with van der Waals surface area (Å²) in [6.07, 6.45) is 3.13. The van der Waals surface area contributed by atoms with Crippen molar-refractivity contribution in [2.45, 2.75) is 31.8 Å². The van der Waals surface area contributed by atoms with Gasteiger partial charge in [-0.15, -0.1) is 0 Å². The smallest absolute Gasteiger partial charge is 0.246 e. The second-order valence-corrected chi connectivity index (χ2v) is 7.09. The Hall–Kier alpha value is -2.52. The van der Waals surface area contributed by atoms with Crippen LogP contribution in [-0.2, 0) is 23.1 Å². The van der Waals surface area contributed by atoms with Gasteiger partial charge in [-0.25, -0.2) is 22.8 Å². The zero-order chi connectivity index (χ0) is 17.2. The largest absolute Gasteiger partial charge is 0.360 e. The number of hydrogen-bond donors (Lipinski definition) is 1. The fraction of sp³-hybridized carbons (Fsp3) is 0.267. The van der Waals surface area contributed by atoms with Crippen LogP contribution in [0.3, 0.4) is 0 Å². The van der Waals surface area contributed by atoms with E-state index in [1.807, 2.05) is 24.3 Å². The highest BCUT2D eigenvalue weighted by atomic mass is 32.2. The zero-order valence-electron chi connectivity index (χ0n) is 13.3. The summed E-state index contributed by atoms with van der Waals surface area (Å²) in [6, 6.07) is 7.62. The first-order chi connectivity index (χ1) is 11.5. The number of aryl methyl sites for hydroxylation is 2. The molecule has 1 N–H and O–H groups in total. The molecule has 3 aromatic rings. The minimum Gasteiger partial charge on any atom is -0.360 e. The van der Waals surface area contributed by atoms with Crippen molar-refractivity contribution in [1.29, 1.82) is 0 Å². The van der Waals surface area contributed by atoms with Crippen LogP contribution in [0.15, 0.2) is 46.3 Å². The Morgan fingerprint density at radius 2 is 1.88 bits per heavy atom. The first kappa shape index (κ1) is 16.3. The van der Waals surface area contributed by atoms with Gasteiger partial charge >= 0.3 is 0 Å². The van der Waals surface area contributed by atoms with Crippen molar-refractivity contribution >= 4 is 10.0 Å². The molecule has 9 heteroatoms. The van der Waals surface area contributed by atoms with E-state index in [4.69, 9.17) is 4.52 Å². The van der Waals surface area contributed by atoms with Gasteiger partial charge in [0.25, 0.3) is 0 Å². The van der Waals surface area contributed by atoms with E-state index >= 15 is 0 Å². The lowest BCUT2D eigenvalue weighted by molar-refractivity contribution is 0.390. The lowest BCUT2D eigenvalue weighted by Gasteiger charge is -2.07. The van der Waals surface area contributed by atoms with Gasteiger partial charge in [0.05, 0.1) is 6.54 Å². The molecule has 0 spiro atoms. The minimum absolute atomic E-state index is 0.102. The quantitative estimate of drug-likeness (QED) is 0.723. The van der Waals surface area contributed by atoms with Crippen LogP contribution in [0.25, 0.3) is 0 Å². The molecule has 3 rings (SSSR count). The summed E-state index contributed by atoms with van der Waals surface area (Å²) in [5.41, 5.74) is 2.26. The molecular formula is C15H17N5O3S. The molecule has 1 aromatic carbocycles. The molecule has 0 radical (unpaired) electrons. The molecule has 0 aliphatic heterocycles. The van der Waals surface area contributed by atoms with Crippen LogP contribution in [0.5, 0.6) is 0 Å². The maximum atomic E-state index is 12.4. The van der Waals surface area contributed by atoms with E-state index in [9.17, 15) is 8.42 Å². The Balaban J connectivity index is 1.66. The maximum absolute atomic E-state index is 12.4. The second-order valence-electron chi connectivity index (χ2n) is 5.39. The Morgan fingerprint density at radius 1 is 1.17 bits per heavy atom. The third-order valence-electron chi connectivity index (χ3n) is 3.54. The van der Waals surface area contributed by atoms with Gasteiger partial charge in [0.2, 0.25) is 10.0 Å². The van der Waals surface area contributed by atoms with E-state index in [0.717, 1.165) is 11.1 Å². The predicted molar refractivity (Wildman–Crippen MR) is 85.6 cm³/mol. The normalized spacial score (nSPS) is 11.8. The summed E-state index contributed by atoms with van der Waals surface area (Å²) in [5.74, 6) is 0.281. The van der Waals surface area contributed by atoms with Crippen molar-refractivity contribution in [2.24, 2.45) is 0 Å². The van der Waals surface area contributed by atoms with Gasteiger partial charge in [-0.1, -0.05) is 29.4 Å². The Kier molecular flexibility index (Phi) is 4.45. The fourth-order valence-corrected chi connectivity index (χ4v) is 3.72. The minimum atomic E-state index is -3.66. The molecule has 0 bridgehead atoms. The molecule has 126 valence electrons. The van der Waals surface area contributed by atoms with Crippen molar-refractivity contribution in [1.82, 2.24) is 24.6 Å².